The third kappa shape index (κ3) is 3.11. The number of pyridine rings is 1. The number of thiol groups is 1. The number of hydrogen-bond donors (Lipinski definition) is 1. The molecule has 1 aromatic heterocycles. The molecule has 0 unspecified atom stereocenters. The summed E-state index contributed by atoms with van der Waals surface area (Å²) >= 11 is 4.04. The maximum atomic E-state index is 11.3. The number of nitrogens with zero attached hydrogens (tertiary/aromatic N) is 1. The molecular formula is C10H13NOS. The molecule has 1 heterocycles. The highest BCUT2D eigenvalue weighted by Crippen LogP contribution is 1.91. The standard InChI is InChI=1S/C10H13NOS/c1-9-4-6-11(10(12)8-9)5-2-3-7-13/h2-4,6,8,13H,5,7H2,1H3/b3-2+. The summed E-state index contributed by atoms with van der Waals surface area (Å²) < 4.78 is 1.66. The van der Waals surface area contributed by atoms with Crippen LogP contribution in [-0.2, 0) is 6.54 Å². The van der Waals surface area contributed by atoms with Crippen molar-refractivity contribution in [1.82, 2.24) is 4.57 Å². The molecule has 70 valence electrons. The average Bonchev–Trinajstić information content (AvgIpc) is 2.09. The molecule has 0 atom stereocenters. The van der Waals surface area contributed by atoms with Gasteiger partial charge in [0.15, 0.2) is 0 Å². The Morgan fingerprint density at radius 2 is 2.31 bits per heavy atom. The lowest BCUT2D eigenvalue weighted by Crippen LogP contribution is -2.17. The van der Waals surface area contributed by atoms with Crippen LogP contribution in [0.15, 0.2) is 35.3 Å². The van der Waals surface area contributed by atoms with Gasteiger partial charge in [0.05, 0.1) is 0 Å². The van der Waals surface area contributed by atoms with E-state index in [1.54, 1.807) is 16.8 Å². The summed E-state index contributed by atoms with van der Waals surface area (Å²) in [7, 11) is 0. The van der Waals surface area contributed by atoms with Crippen molar-refractivity contribution < 1.29 is 0 Å². The van der Waals surface area contributed by atoms with Crippen LogP contribution in [0.1, 0.15) is 5.56 Å². The Labute approximate surface area is 83.3 Å². The second-order valence-electron chi connectivity index (χ2n) is 2.85. The van der Waals surface area contributed by atoms with Crippen molar-refractivity contribution in [3.63, 3.8) is 0 Å². The summed E-state index contributed by atoms with van der Waals surface area (Å²) in [5.74, 6) is 0.709. The SMILES string of the molecule is Cc1ccn(C/C=C/CS)c(=O)c1. The molecule has 0 N–H and O–H groups in total. The third-order valence-corrected chi connectivity index (χ3v) is 1.94. The average molecular weight is 195 g/mol. The highest BCUT2D eigenvalue weighted by molar-refractivity contribution is 7.80. The van der Waals surface area contributed by atoms with Gasteiger partial charge in [0, 0.05) is 24.6 Å². The fourth-order valence-corrected chi connectivity index (χ4v) is 1.17. The quantitative estimate of drug-likeness (QED) is 0.575. The van der Waals surface area contributed by atoms with Crippen LogP contribution in [0.3, 0.4) is 0 Å². The van der Waals surface area contributed by atoms with E-state index in [0.29, 0.717) is 12.3 Å². The monoisotopic (exact) mass is 195 g/mol. The smallest absolute Gasteiger partial charge is 0.251 e. The van der Waals surface area contributed by atoms with Gasteiger partial charge in [-0.15, -0.1) is 0 Å². The number of aromatic nitrogens is 1. The van der Waals surface area contributed by atoms with E-state index in [1.807, 2.05) is 25.1 Å². The highest BCUT2D eigenvalue weighted by Gasteiger charge is 1.91. The maximum Gasteiger partial charge on any atom is 0.251 e. The molecule has 3 heteroatoms. The molecule has 0 bridgehead atoms. The largest absolute Gasteiger partial charge is 0.312 e. The molecule has 0 aliphatic carbocycles. The van der Waals surface area contributed by atoms with Crippen molar-refractivity contribution in [2.45, 2.75) is 13.5 Å². The molecule has 0 aromatic carbocycles. The first-order valence-corrected chi connectivity index (χ1v) is 4.80. The normalized spacial score (nSPS) is 10.9. The molecule has 2 nitrogen and oxygen atoms in total. The van der Waals surface area contributed by atoms with Crippen molar-refractivity contribution in [2.75, 3.05) is 5.75 Å². The predicted octanol–water partition coefficient (Wildman–Crippen LogP) is 1.64. The van der Waals surface area contributed by atoms with E-state index in [4.69, 9.17) is 0 Å². The Morgan fingerprint density at radius 1 is 1.54 bits per heavy atom. The van der Waals surface area contributed by atoms with Crippen molar-refractivity contribution >= 4 is 12.6 Å². The zero-order valence-corrected chi connectivity index (χ0v) is 8.50. The van der Waals surface area contributed by atoms with Gasteiger partial charge in [0.25, 0.3) is 5.56 Å². The second-order valence-corrected chi connectivity index (χ2v) is 3.21. The summed E-state index contributed by atoms with van der Waals surface area (Å²) in [4.78, 5) is 11.3. The van der Waals surface area contributed by atoms with Gasteiger partial charge in [0.1, 0.15) is 0 Å². The van der Waals surface area contributed by atoms with Crippen molar-refractivity contribution in [3.05, 3.63) is 46.4 Å². The number of aryl methyl sites for hydroxylation is 1. The van der Waals surface area contributed by atoms with Crippen LogP contribution in [0.25, 0.3) is 0 Å². The van der Waals surface area contributed by atoms with Gasteiger partial charge in [-0.05, 0) is 18.6 Å². The summed E-state index contributed by atoms with van der Waals surface area (Å²) in [5, 5.41) is 0. The van der Waals surface area contributed by atoms with Gasteiger partial charge in [0.2, 0.25) is 0 Å². The van der Waals surface area contributed by atoms with Gasteiger partial charge in [-0.25, -0.2) is 0 Å². The zero-order chi connectivity index (χ0) is 9.68. The Hall–Kier alpha value is -0.960. The molecule has 1 rings (SSSR count). The van der Waals surface area contributed by atoms with Gasteiger partial charge in [-0.3, -0.25) is 4.79 Å². The first kappa shape index (κ1) is 10.1. The minimum Gasteiger partial charge on any atom is -0.312 e. The van der Waals surface area contributed by atoms with Crippen LogP contribution in [-0.4, -0.2) is 10.3 Å². The molecule has 0 aliphatic heterocycles. The third-order valence-electron chi connectivity index (χ3n) is 1.73. The summed E-state index contributed by atoms with van der Waals surface area (Å²) in [6, 6.07) is 3.56. The Kier molecular flexibility index (Phi) is 3.83. The first-order chi connectivity index (χ1) is 6.24. The molecule has 0 saturated carbocycles. The first-order valence-electron chi connectivity index (χ1n) is 4.17. The van der Waals surface area contributed by atoms with Crippen molar-refractivity contribution in [1.29, 1.82) is 0 Å². The molecule has 0 radical (unpaired) electrons. The van der Waals surface area contributed by atoms with E-state index >= 15 is 0 Å². The lowest BCUT2D eigenvalue weighted by Gasteiger charge is -2.00. The van der Waals surface area contributed by atoms with E-state index < -0.39 is 0 Å². The molecule has 0 aliphatic rings. The molecule has 1 aromatic rings. The summed E-state index contributed by atoms with van der Waals surface area (Å²) in [6.45, 7) is 2.54. The van der Waals surface area contributed by atoms with Crippen molar-refractivity contribution in [2.24, 2.45) is 0 Å². The Balaban J connectivity index is 2.78. The number of hydrogen-bond acceptors (Lipinski definition) is 2. The van der Waals surface area contributed by atoms with Crippen LogP contribution in [0, 0.1) is 6.92 Å². The van der Waals surface area contributed by atoms with Crippen LogP contribution < -0.4 is 5.56 Å². The van der Waals surface area contributed by atoms with Crippen LogP contribution in [0.2, 0.25) is 0 Å². The molecule has 0 spiro atoms. The van der Waals surface area contributed by atoms with E-state index in [0.717, 1.165) is 5.56 Å². The van der Waals surface area contributed by atoms with Crippen LogP contribution >= 0.6 is 12.6 Å². The Morgan fingerprint density at radius 3 is 2.92 bits per heavy atom. The van der Waals surface area contributed by atoms with Crippen molar-refractivity contribution in [3.8, 4) is 0 Å². The highest BCUT2D eigenvalue weighted by atomic mass is 32.1. The molecular weight excluding hydrogens is 182 g/mol. The summed E-state index contributed by atoms with van der Waals surface area (Å²) in [6.07, 6.45) is 5.67. The van der Waals surface area contributed by atoms with E-state index in [9.17, 15) is 4.79 Å². The van der Waals surface area contributed by atoms with Gasteiger partial charge in [-0.1, -0.05) is 12.2 Å². The van der Waals surface area contributed by atoms with Gasteiger partial charge >= 0.3 is 0 Å². The maximum absolute atomic E-state index is 11.3. The lowest BCUT2D eigenvalue weighted by atomic mass is 10.3. The second kappa shape index (κ2) is 4.92. The fourth-order valence-electron chi connectivity index (χ4n) is 1.02. The zero-order valence-electron chi connectivity index (χ0n) is 7.60. The minimum atomic E-state index is 0.0452. The van der Waals surface area contributed by atoms with Crippen LogP contribution in [0.5, 0.6) is 0 Å². The van der Waals surface area contributed by atoms with E-state index in [1.165, 1.54) is 0 Å². The molecule has 13 heavy (non-hydrogen) atoms. The van der Waals surface area contributed by atoms with Crippen LogP contribution in [0.4, 0.5) is 0 Å². The lowest BCUT2D eigenvalue weighted by molar-refractivity contribution is 0.776. The van der Waals surface area contributed by atoms with E-state index in [2.05, 4.69) is 12.6 Å². The topological polar surface area (TPSA) is 22.0 Å². The minimum absolute atomic E-state index is 0.0452. The molecule has 0 saturated heterocycles. The molecule has 0 fully saturated rings. The van der Waals surface area contributed by atoms with E-state index in [-0.39, 0.29) is 5.56 Å². The van der Waals surface area contributed by atoms with Gasteiger partial charge in [-0.2, -0.15) is 12.6 Å². The summed E-state index contributed by atoms with van der Waals surface area (Å²) in [5.41, 5.74) is 1.04. The number of allylic oxidation sites excluding steroid dienone is 1. The van der Waals surface area contributed by atoms with Gasteiger partial charge < -0.3 is 4.57 Å². The molecule has 0 amide bonds. The predicted molar refractivity (Wildman–Crippen MR) is 58.4 cm³/mol. The fraction of sp³-hybridized carbons (Fsp3) is 0.300. The number of rotatable bonds is 3. The Bertz CT molecular complexity index is 354.